The van der Waals surface area contributed by atoms with Gasteiger partial charge in [0.1, 0.15) is 5.75 Å². The van der Waals surface area contributed by atoms with E-state index in [1.54, 1.807) is 7.11 Å². The zero-order valence-corrected chi connectivity index (χ0v) is 11.5. The summed E-state index contributed by atoms with van der Waals surface area (Å²) in [5, 5.41) is 6.92. The first kappa shape index (κ1) is 13.2. The third-order valence-electron chi connectivity index (χ3n) is 3.68. The Balaban J connectivity index is 1.83. The van der Waals surface area contributed by atoms with E-state index < -0.39 is 0 Å². The number of aryl methyl sites for hydroxylation is 1. The van der Waals surface area contributed by atoms with Crippen LogP contribution < -0.4 is 15.4 Å². The lowest BCUT2D eigenvalue weighted by atomic mass is 9.95. The molecule has 0 unspecified atom stereocenters. The molecular formula is C15H24N2O. The number of piperidine rings is 1. The highest BCUT2D eigenvalue weighted by Crippen LogP contribution is 2.25. The maximum absolute atomic E-state index is 5.37. The Morgan fingerprint density at radius 1 is 1.33 bits per heavy atom. The van der Waals surface area contributed by atoms with Crippen molar-refractivity contribution in [2.45, 2.75) is 26.2 Å². The quantitative estimate of drug-likeness (QED) is 0.840. The first-order valence-electron chi connectivity index (χ1n) is 6.89. The number of nitrogens with one attached hydrogen (secondary N) is 2. The van der Waals surface area contributed by atoms with Gasteiger partial charge in [0, 0.05) is 6.54 Å². The SMILES string of the molecule is COc1ccc(C)cc1NCCC1CCNCC1. The Bertz CT molecular complexity index is 373. The molecule has 1 fully saturated rings. The zero-order chi connectivity index (χ0) is 12.8. The van der Waals surface area contributed by atoms with Gasteiger partial charge in [-0.3, -0.25) is 0 Å². The molecule has 0 spiro atoms. The standard InChI is InChI=1S/C15H24N2O/c1-12-3-4-15(18-2)14(11-12)17-10-7-13-5-8-16-9-6-13/h3-4,11,13,16-17H,5-10H2,1-2H3. The molecule has 2 N–H and O–H groups in total. The van der Waals surface area contributed by atoms with Crippen molar-refractivity contribution in [3.05, 3.63) is 23.8 Å². The molecule has 1 aromatic rings. The molecular weight excluding hydrogens is 224 g/mol. The lowest BCUT2D eigenvalue weighted by Crippen LogP contribution is -2.28. The van der Waals surface area contributed by atoms with Crippen molar-refractivity contribution >= 4 is 5.69 Å². The Labute approximate surface area is 110 Å². The smallest absolute Gasteiger partial charge is 0.141 e. The van der Waals surface area contributed by atoms with E-state index in [1.807, 2.05) is 6.07 Å². The van der Waals surface area contributed by atoms with Crippen LogP contribution in [0, 0.1) is 12.8 Å². The maximum atomic E-state index is 5.37. The van der Waals surface area contributed by atoms with E-state index in [4.69, 9.17) is 4.74 Å². The maximum Gasteiger partial charge on any atom is 0.141 e. The lowest BCUT2D eigenvalue weighted by Gasteiger charge is -2.23. The molecule has 1 aromatic carbocycles. The fourth-order valence-electron chi connectivity index (χ4n) is 2.54. The third-order valence-corrected chi connectivity index (χ3v) is 3.68. The molecule has 2 rings (SSSR count). The van der Waals surface area contributed by atoms with Crippen LogP contribution >= 0.6 is 0 Å². The molecule has 3 nitrogen and oxygen atoms in total. The van der Waals surface area contributed by atoms with Crippen LogP contribution in [0.4, 0.5) is 5.69 Å². The minimum Gasteiger partial charge on any atom is -0.495 e. The van der Waals surface area contributed by atoms with Gasteiger partial charge in [-0.25, -0.2) is 0 Å². The van der Waals surface area contributed by atoms with Crippen LogP contribution in [-0.2, 0) is 0 Å². The van der Waals surface area contributed by atoms with E-state index in [-0.39, 0.29) is 0 Å². The van der Waals surface area contributed by atoms with Crippen molar-refractivity contribution in [3.8, 4) is 5.75 Å². The molecule has 3 heteroatoms. The van der Waals surface area contributed by atoms with Crippen LogP contribution in [0.1, 0.15) is 24.8 Å². The number of hydrogen-bond acceptors (Lipinski definition) is 3. The summed E-state index contributed by atoms with van der Waals surface area (Å²) < 4.78 is 5.37. The molecule has 100 valence electrons. The second-order valence-electron chi connectivity index (χ2n) is 5.11. The van der Waals surface area contributed by atoms with E-state index >= 15 is 0 Å². The van der Waals surface area contributed by atoms with Gasteiger partial charge in [-0.15, -0.1) is 0 Å². The van der Waals surface area contributed by atoms with Crippen LogP contribution in [0.5, 0.6) is 5.75 Å². The van der Waals surface area contributed by atoms with Gasteiger partial charge in [0.25, 0.3) is 0 Å². The predicted octanol–water partition coefficient (Wildman–Crippen LogP) is 2.81. The van der Waals surface area contributed by atoms with Crippen molar-refractivity contribution in [3.63, 3.8) is 0 Å². The van der Waals surface area contributed by atoms with Crippen molar-refractivity contribution in [1.29, 1.82) is 0 Å². The average Bonchev–Trinajstić information content (AvgIpc) is 2.40. The summed E-state index contributed by atoms with van der Waals surface area (Å²) in [7, 11) is 1.72. The van der Waals surface area contributed by atoms with Crippen LogP contribution in [0.25, 0.3) is 0 Å². The largest absolute Gasteiger partial charge is 0.495 e. The topological polar surface area (TPSA) is 33.3 Å². The lowest BCUT2D eigenvalue weighted by molar-refractivity contribution is 0.360. The fraction of sp³-hybridized carbons (Fsp3) is 0.600. The molecule has 0 atom stereocenters. The van der Waals surface area contributed by atoms with E-state index in [0.29, 0.717) is 0 Å². The summed E-state index contributed by atoms with van der Waals surface area (Å²) in [6.45, 7) is 5.50. The van der Waals surface area contributed by atoms with Crippen LogP contribution in [-0.4, -0.2) is 26.7 Å². The monoisotopic (exact) mass is 248 g/mol. The number of ether oxygens (including phenoxy) is 1. The average molecular weight is 248 g/mol. The number of rotatable bonds is 5. The van der Waals surface area contributed by atoms with Gasteiger partial charge in [-0.05, 0) is 62.9 Å². The minimum absolute atomic E-state index is 0.870. The summed E-state index contributed by atoms with van der Waals surface area (Å²) in [5.41, 5.74) is 2.38. The molecule has 0 aromatic heterocycles. The number of hydrogen-bond donors (Lipinski definition) is 2. The predicted molar refractivity (Wildman–Crippen MR) is 76.4 cm³/mol. The van der Waals surface area contributed by atoms with E-state index in [2.05, 4.69) is 29.7 Å². The summed E-state index contributed by atoms with van der Waals surface area (Å²) in [6, 6.07) is 6.26. The Morgan fingerprint density at radius 2 is 2.11 bits per heavy atom. The Morgan fingerprint density at radius 3 is 2.83 bits per heavy atom. The summed E-state index contributed by atoms with van der Waals surface area (Å²) in [6.07, 6.45) is 3.87. The van der Waals surface area contributed by atoms with Gasteiger partial charge >= 0.3 is 0 Å². The van der Waals surface area contributed by atoms with Crippen LogP contribution in [0.2, 0.25) is 0 Å². The van der Waals surface area contributed by atoms with E-state index in [1.165, 1.54) is 37.9 Å². The first-order valence-corrected chi connectivity index (χ1v) is 6.89. The number of anilines is 1. The highest BCUT2D eigenvalue weighted by atomic mass is 16.5. The van der Waals surface area contributed by atoms with Crippen LogP contribution in [0.3, 0.4) is 0 Å². The summed E-state index contributed by atoms with van der Waals surface area (Å²) in [4.78, 5) is 0. The normalized spacial score (nSPS) is 16.6. The molecule has 0 bridgehead atoms. The molecule has 1 aliphatic rings. The molecule has 0 aliphatic carbocycles. The molecule has 0 saturated carbocycles. The van der Waals surface area contributed by atoms with E-state index in [0.717, 1.165) is 23.9 Å². The van der Waals surface area contributed by atoms with Gasteiger partial charge < -0.3 is 15.4 Å². The molecule has 1 saturated heterocycles. The highest BCUT2D eigenvalue weighted by Gasteiger charge is 2.12. The van der Waals surface area contributed by atoms with Gasteiger partial charge in [-0.1, -0.05) is 6.07 Å². The second-order valence-corrected chi connectivity index (χ2v) is 5.11. The summed E-state index contributed by atoms with van der Waals surface area (Å²) in [5.74, 6) is 1.81. The fourth-order valence-corrected chi connectivity index (χ4v) is 2.54. The number of methoxy groups -OCH3 is 1. The van der Waals surface area contributed by atoms with Crippen LogP contribution in [0.15, 0.2) is 18.2 Å². The van der Waals surface area contributed by atoms with Crippen molar-refractivity contribution < 1.29 is 4.74 Å². The molecule has 1 aliphatic heterocycles. The molecule has 0 amide bonds. The first-order chi connectivity index (χ1) is 8.79. The molecule has 18 heavy (non-hydrogen) atoms. The van der Waals surface area contributed by atoms with Crippen molar-refractivity contribution in [2.24, 2.45) is 5.92 Å². The van der Waals surface area contributed by atoms with Crippen molar-refractivity contribution in [1.82, 2.24) is 5.32 Å². The second kappa shape index (κ2) is 6.64. The Hall–Kier alpha value is -1.22. The van der Waals surface area contributed by atoms with Gasteiger partial charge in [-0.2, -0.15) is 0 Å². The highest BCUT2D eigenvalue weighted by molar-refractivity contribution is 5.57. The summed E-state index contributed by atoms with van der Waals surface area (Å²) >= 11 is 0. The molecule has 0 radical (unpaired) electrons. The van der Waals surface area contributed by atoms with E-state index in [9.17, 15) is 0 Å². The molecule has 1 heterocycles. The minimum atomic E-state index is 0.870. The van der Waals surface area contributed by atoms with Gasteiger partial charge in [0.05, 0.1) is 12.8 Å². The van der Waals surface area contributed by atoms with Gasteiger partial charge in [0.15, 0.2) is 0 Å². The van der Waals surface area contributed by atoms with Crippen molar-refractivity contribution in [2.75, 3.05) is 32.1 Å². The number of benzene rings is 1. The third kappa shape index (κ3) is 3.64. The van der Waals surface area contributed by atoms with Gasteiger partial charge in [0.2, 0.25) is 0 Å². The zero-order valence-electron chi connectivity index (χ0n) is 11.5. The Kier molecular flexibility index (Phi) is 4.88.